The smallest absolute Gasteiger partial charge is 0.251 e. The minimum atomic E-state index is -4.45. The van der Waals surface area contributed by atoms with Crippen molar-refractivity contribution in [1.29, 1.82) is 0 Å². The van der Waals surface area contributed by atoms with E-state index in [1.165, 1.54) is 12.5 Å². The van der Waals surface area contributed by atoms with Crippen molar-refractivity contribution in [2.45, 2.75) is 43.5 Å². The molecule has 0 saturated heterocycles. The number of aromatic nitrogens is 2. The van der Waals surface area contributed by atoms with Crippen LogP contribution in [0.2, 0.25) is 0 Å². The Kier molecular flexibility index (Phi) is 11.9. The third-order valence-corrected chi connectivity index (χ3v) is 10.3. The van der Waals surface area contributed by atoms with E-state index in [0.717, 1.165) is 16.3 Å². The van der Waals surface area contributed by atoms with E-state index < -0.39 is 55.0 Å². The van der Waals surface area contributed by atoms with Gasteiger partial charge < -0.3 is 31.6 Å². The van der Waals surface area contributed by atoms with E-state index in [-0.39, 0.29) is 19.3 Å². The van der Waals surface area contributed by atoms with Crippen molar-refractivity contribution in [2.24, 2.45) is 5.73 Å². The molecule has 0 spiro atoms. The zero-order valence-electron chi connectivity index (χ0n) is 27.2. The highest BCUT2D eigenvalue weighted by atomic mass is 31.2. The lowest BCUT2D eigenvalue weighted by molar-refractivity contribution is -0.130. The van der Waals surface area contributed by atoms with Gasteiger partial charge in [-0.1, -0.05) is 91.0 Å². The normalized spacial score (nSPS) is 14.1. The zero-order valence-corrected chi connectivity index (χ0v) is 28.1. The Hall–Kier alpha value is -5.58. The second-order valence-corrected chi connectivity index (χ2v) is 14.5. The Morgan fingerprint density at radius 1 is 0.780 bits per heavy atom. The lowest BCUT2D eigenvalue weighted by Gasteiger charge is -2.26. The number of nitrogens with two attached hydrogens (primary N) is 1. The molecule has 13 heteroatoms. The number of amides is 4. The van der Waals surface area contributed by atoms with E-state index in [2.05, 4.69) is 25.9 Å². The van der Waals surface area contributed by atoms with Gasteiger partial charge in [-0.15, -0.1) is 0 Å². The molecule has 0 aliphatic carbocycles. The van der Waals surface area contributed by atoms with Crippen molar-refractivity contribution >= 4 is 41.8 Å². The van der Waals surface area contributed by atoms with Crippen LogP contribution in [0.15, 0.2) is 116 Å². The molecule has 5 aromatic rings. The number of H-pyrrole nitrogens is 1. The summed E-state index contributed by atoms with van der Waals surface area (Å²) < 4.78 is 14.0. The molecule has 2 unspecified atom stereocenters. The number of imidazole rings is 1. The molecule has 0 bridgehead atoms. The number of hydrogen-bond acceptors (Lipinski definition) is 6. The third kappa shape index (κ3) is 9.97. The molecule has 4 aromatic carbocycles. The van der Waals surface area contributed by atoms with Crippen LogP contribution in [0.25, 0.3) is 10.8 Å². The van der Waals surface area contributed by atoms with Crippen LogP contribution in [-0.4, -0.2) is 62.5 Å². The van der Waals surface area contributed by atoms with E-state index in [1.807, 2.05) is 54.6 Å². The van der Waals surface area contributed by atoms with Gasteiger partial charge in [0.05, 0.1) is 6.33 Å². The second kappa shape index (κ2) is 16.7. The summed E-state index contributed by atoms with van der Waals surface area (Å²) in [6, 6.07) is 28.5. The summed E-state index contributed by atoms with van der Waals surface area (Å²) in [5, 5.41) is 9.67. The van der Waals surface area contributed by atoms with Gasteiger partial charge in [-0.3, -0.25) is 23.7 Å². The van der Waals surface area contributed by atoms with Gasteiger partial charge in [0.25, 0.3) is 5.91 Å². The zero-order chi connectivity index (χ0) is 35.5. The molecule has 0 radical (unpaired) electrons. The van der Waals surface area contributed by atoms with Crippen LogP contribution in [0.3, 0.4) is 0 Å². The van der Waals surface area contributed by atoms with E-state index in [4.69, 9.17) is 5.73 Å². The van der Waals surface area contributed by atoms with Gasteiger partial charge in [-0.25, -0.2) is 4.98 Å². The number of fused-ring (bicyclic) bond motifs is 1. The Labute approximate surface area is 289 Å². The molecule has 0 aliphatic rings. The second-order valence-electron chi connectivity index (χ2n) is 12.0. The van der Waals surface area contributed by atoms with E-state index in [1.54, 1.807) is 48.5 Å². The maximum absolute atomic E-state index is 14.0. The fourth-order valence-corrected chi connectivity index (χ4v) is 7.13. The Balaban J connectivity index is 1.33. The summed E-state index contributed by atoms with van der Waals surface area (Å²) >= 11 is 0. The first-order valence-electron chi connectivity index (χ1n) is 16.1. The van der Waals surface area contributed by atoms with Gasteiger partial charge in [0, 0.05) is 30.3 Å². The molecule has 7 N–H and O–H groups in total. The molecule has 4 atom stereocenters. The molecule has 0 fully saturated rings. The number of hydrogen-bond donors (Lipinski definition) is 6. The van der Waals surface area contributed by atoms with Crippen LogP contribution in [-0.2, 0) is 38.2 Å². The molecular formula is C37H39N6O6P. The average molecular weight is 695 g/mol. The predicted molar refractivity (Wildman–Crippen MR) is 190 cm³/mol. The van der Waals surface area contributed by atoms with Crippen LogP contribution < -0.4 is 21.7 Å². The standard InChI is InChI=1S/C37H39N6O6P/c38-35(45)32(21-30-22-39-24-40-30)42-37(47)31(18-15-25-9-3-1-4-10-25)41-33(44)23-50(48,49)34(19-26-11-5-2-6-12-26)43-36(46)29-17-16-27-13-7-8-14-28(27)20-29/h1-14,16-17,20,22,24,31-32,34H,15,18-19,21,23H2,(H2,38,45)(H,39,40)(H,41,44)(H,42,47)(H,43,46)(H,48,49)/t31-,32-,34?/m0/s1. The molecule has 1 heterocycles. The van der Waals surface area contributed by atoms with Crippen molar-refractivity contribution in [3.05, 3.63) is 138 Å². The number of carbonyl (C=O) groups is 4. The largest absolute Gasteiger partial charge is 0.368 e. The number of nitrogens with zero attached hydrogens (tertiary/aromatic N) is 1. The minimum Gasteiger partial charge on any atom is -0.368 e. The summed E-state index contributed by atoms with van der Waals surface area (Å²) in [7, 11) is -4.45. The van der Waals surface area contributed by atoms with Crippen LogP contribution in [0, 0.1) is 0 Å². The average Bonchev–Trinajstić information content (AvgIpc) is 3.63. The first-order valence-corrected chi connectivity index (χ1v) is 18.0. The van der Waals surface area contributed by atoms with Gasteiger partial charge in [0.1, 0.15) is 24.0 Å². The fraction of sp³-hybridized carbons (Fsp3) is 0.216. The number of carbonyl (C=O) groups excluding carboxylic acids is 4. The van der Waals surface area contributed by atoms with Crippen molar-refractivity contribution in [3.8, 4) is 0 Å². The molecule has 4 amide bonds. The molecule has 1 aromatic heterocycles. The maximum atomic E-state index is 14.0. The maximum Gasteiger partial charge on any atom is 0.251 e. The van der Waals surface area contributed by atoms with Crippen LogP contribution in [0.5, 0.6) is 0 Å². The van der Waals surface area contributed by atoms with Gasteiger partial charge in [-0.05, 0) is 46.9 Å². The number of aryl methyl sites for hydroxylation is 1. The molecular weight excluding hydrogens is 655 g/mol. The topological polar surface area (TPSA) is 196 Å². The van der Waals surface area contributed by atoms with E-state index in [9.17, 15) is 28.6 Å². The van der Waals surface area contributed by atoms with Crippen LogP contribution >= 0.6 is 7.37 Å². The number of aromatic amines is 1. The van der Waals surface area contributed by atoms with Gasteiger partial charge in [0.15, 0.2) is 0 Å². The van der Waals surface area contributed by atoms with Crippen LogP contribution in [0.4, 0.5) is 0 Å². The highest BCUT2D eigenvalue weighted by Gasteiger charge is 2.36. The van der Waals surface area contributed by atoms with Crippen molar-refractivity contribution < 1.29 is 28.6 Å². The lowest BCUT2D eigenvalue weighted by atomic mass is 10.0. The van der Waals surface area contributed by atoms with Gasteiger partial charge >= 0.3 is 0 Å². The first kappa shape index (κ1) is 35.7. The summed E-state index contributed by atoms with van der Waals surface area (Å²) in [4.78, 5) is 70.9. The van der Waals surface area contributed by atoms with Crippen LogP contribution in [0.1, 0.15) is 33.6 Å². The van der Waals surface area contributed by atoms with Crippen molar-refractivity contribution in [3.63, 3.8) is 0 Å². The molecule has 0 saturated carbocycles. The molecule has 50 heavy (non-hydrogen) atoms. The Morgan fingerprint density at radius 2 is 1.44 bits per heavy atom. The number of primary amides is 1. The van der Waals surface area contributed by atoms with Crippen molar-refractivity contribution in [1.82, 2.24) is 25.9 Å². The molecule has 258 valence electrons. The SMILES string of the molecule is NC(=O)[C@H](Cc1cnc[nH]1)NC(=O)[C@H](CCc1ccccc1)NC(=O)CP(=O)(O)C(Cc1ccccc1)NC(=O)c1ccc2ccccc2c1. The molecule has 5 rings (SSSR count). The summed E-state index contributed by atoms with van der Waals surface area (Å²) in [6.45, 7) is 0. The summed E-state index contributed by atoms with van der Waals surface area (Å²) in [5.41, 5.74) is 8.02. The predicted octanol–water partition coefficient (Wildman–Crippen LogP) is 3.46. The number of benzene rings is 4. The highest BCUT2D eigenvalue weighted by molar-refractivity contribution is 7.59. The van der Waals surface area contributed by atoms with Gasteiger partial charge in [0.2, 0.25) is 25.1 Å². The number of nitrogens with one attached hydrogen (secondary N) is 4. The number of rotatable bonds is 16. The Morgan fingerprint density at radius 3 is 2.10 bits per heavy atom. The highest BCUT2D eigenvalue weighted by Crippen LogP contribution is 2.46. The lowest BCUT2D eigenvalue weighted by Crippen LogP contribution is -2.54. The van der Waals surface area contributed by atoms with Crippen molar-refractivity contribution in [2.75, 3.05) is 6.16 Å². The summed E-state index contributed by atoms with van der Waals surface area (Å²) in [5.74, 6) is -4.23. The quantitative estimate of drug-likeness (QED) is 0.0851. The fourth-order valence-electron chi connectivity index (χ4n) is 5.59. The Bertz CT molecular complexity index is 1970. The summed E-state index contributed by atoms with van der Waals surface area (Å²) in [6.07, 6.45) is 2.60. The monoisotopic (exact) mass is 694 g/mol. The van der Waals surface area contributed by atoms with E-state index >= 15 is 0 Å². The van der Waals surface area contributed by atoms with E-state index in [0.29, 0.717) is 23.2 Å². The van der Waals surface area contributed by atoms with Gasteiger partial charge in [-0.2, -0.15) is 0 Å². The first-order chi connectivity index (χ1) is 24.1. The third-order valence-electron chi connectivity index (χ3n) is 8.29. The molecule has 0 aliphatic heterocycles. The molecule has 12 nitrogen and oxygen atoms in total. The minimum absolute atomic E-state index is 0.0208.